The monoisotopic (exact) mass is 282 g/mol. The second-order valence-corrected chi connectivity index (χ2v) is 6.81. The first-order chi connectivity index (χ1) is 9.39. The molecule has 0 saturated carbocycles. The molecule has 0 aromatic heterocycles. The largest absolute Gasteiger partial charge is 0.465 e. The zero-order valence-electron chi connectivity index (χ0n) is 12.9. The van der Waals surface area contributed by atoms with Crippen LogP contribution in [0.5, 0.6) is 0 Å². The van der Waals surface area contributed by atoms with E-state index in [2.05, 4.69) is 30.3 Å². The van der Waals surface area contributed by atoms with Gasteiger partial charge in [-0.2, -0.15) is 0 Å². The predicted molar refractivity (Wildman–Crippen MR) is 76.1 cm³/mol. The van der Waals surface area contributed by atoms with Gasteiger partial charge in [-0.1, -0.05) is 0 Å². The molecule has 0 unspecified atom stereocenters. The fraction of sp³-hybridized carbons (Fsp3) is 0.867. The van der Waals surface area contributed by atoms with Crippen LogP contribution in [0.1, 0.15) is 33.6 Å². The average Bonchev–Trinajstić information content (AvgIpc) is 2.85. The SMILES string of the molecule is CNC1(C)CCN(CC2=C[C@H]3OC(C)(C)O[C@H]3O2)CC1. The molecule has 3 rings (SSSR count). The highest BCUT2D eigenvalue weighted by Gasteiger charge is 2.45. The molecule has 20 heavy (non-hydrogen) atoms. The Kier molecular flexibility index (Phi) is 3.57. The fourth-order valence-corrected chi connectivity index (χ4v) is 3.10. The predicted octanol–water partition coefficient (Wildman–Crippen LogP) is 1.45. The van der Waals surface area contributed by atoms with Crippen molar-refractivity contribution in [3.05, 3.63) is 11.8 Å². The van der Waals surface area contributed by atoms with Crippen molar-refractivity contribution in [2.45, 2.75) is 57.3 Å². The highest BCUT2D eigenvalue weighted by atomic mass is 16.8. The Bertz CT molecular complexity index is 400. The van der Waals surface area contributed by atoms with Gasteiger partial charge in [-0.25, -0.2) is 0 Å². The highest BCUT2D eigenvalue weighted by molar-refractivity contribution is 5.10. The lowest BCUT2D eigenvalue weighted by Crippen LogP contribution is -2.50. The van der Waals surface area contributed by atoms with Crippen LogP contribution in [0.15, 0.2) is 11.8 Å². The van der Waals surface area contributed by atoms with E-state index in [1.54, 1.807) is 0 Å². The van der Waals surface area contributed by atoms with Crippen LogP contribution in [0.2, 0.25) is 0 Å². The van der Waals surface area contributed by atoms with Crippen molar-refractivity contribution >= 4 is 0 Å². The summed E-state index contributed by atoms with van der Waals surface area (Å²) >= 11 is 0. The number of hydrogen-bond donors (Lipinski definition) is 1. The molecule has 3 aliphatic heterocycles. The van der Waals surface area contributed by atoms with E-state index in [4.69, 9.17) is 14.2 Å². The van der Waals surface area contributed by atoms with E-state index in [1.165, 1.54) is 12.8 Å². The maximum Gasteiger partial charge on any atom is 0.232 e. The second-order valence-electron chi connectivity index (χ2n) is 6.81. The van der Waals surface area contributed by atoms with Gasteiger partial charge in [-0.05, 0) is 46.7 Å². The van der Waals surface area contributed by atoms with Gasteiger partial charge in [-0.15, -0.1) is 0 Å². The Hall–Kier alpha value is -0.620. The Morgan fingerprint density at radius 2 is 1.95 bits per heavy atom. The molecule has 0 aromatic rings. The van der Waals surface area contributed by atoms with Crippen molar-refractivity contribution < 1.29 is 14.2 Å². The second kappa shape index (κ2) is 4.98. The molecule has 0 amide bonds. The lowest BCUT2D eigenvalue weighted by molar-refractivity contribution is -0.182. The van der Waals surface area contributed by atoms with Crippen LogP contribution in [-0.2, 0) is 14.2 Å². The molecule has 0 bridgehead atoms. The summed E-state index contributed by atoms with van der Waals surface area (Å²) < 4.78 is 17.4. The van der Waals surface area contributed by atoms with Gasteiger partial charge >= 0.3 is 0 Å². The van der Waals surface area contributed by atoms with Gasteiger partial charge in [-0.3, -0.25) is 4.90 Å². The first-order valence-electron chi connectivity index (χ1n) is 7.53. The third kappa shape index (κ3) is 2.86. The molecule has 0 radical (unpaired) electrons. The normalized spacial score (nSPS) is 35.5. The molecule has 2 atom stereocenters. The van der Waals surface area contributed by atoms with Crippen LogP contribution >= 0.6 is 0 Å². The number of piperidine rings is 1. The number of likely N-dealkylation sites (tertiary alicyclic amines) is 1. The van der Waals surface area contributed by atoms with Crippen molar-refractivity contribution in [2.75, 3.05) is 26.7 Å². The van der Waals surface area contributed by atoms with Gasteiger partial charge in [0.15, 0.2) is 5.79 Å². The van der Waals surface area contributed by atoms with Gasteiger partial charge in [0.1, 0.15) is 11.9 Å². The van der Waals surface area contributed by atoms with Crippen LogP contribution in [0.3, 0.4) is 0 Å². The summed E-state index contributed by atoms with van der Waals surface area (Å²) in [4.78, 5) is 2.44. The maximum atomic E-state index is 5.86. The van der Waals surface area contributed by atoms with Crippen LogP contribution in [-0.4, -0.2) is 55.3 Å². The van der Waals surface area contributed by atoms with Gasteiger partial charge in [0.2, 0.25) is 6.29 Å². The van der Waals surface area contributed by atoms with Crippen molar-refractivity contribution in [2.24, 2.45) is 0 Å². The van der Waals surface area contributed by atoms with Gasteiger partial charge in [0.05, 0.1) is 6.54 Å². The van der Waals surface area contributed by atoms with Crippen molar-refractivity contribution in [3.8, 4) is 0 Å². The topological polar surface area (TPSA) is 43.0 Å². The van der Waals surface area contributed by atoms with Gasteiger partial charge in [0, 0.05) is 18.6 Å². The van der Waals surface area contributed by atoms with Gasteiger partial charge in [0.25, 0.3) is 0 Å². The highest BCUT2D eigenvalue weighted by Crippen LogP contribution is 2.35. The number of hydrogen-bond acceptors (Lipinski definition) is 5. The van der Waals surface area contributed by atoms with E-state index < -0.39 is 5.79 Å². The molecule has 3 heterocycles. The quantitative estimate of drug-likeness (QED) is 0.849. The minimum Gasteiger partial charge on any atom is -0.465 e. The Morgan fingerprint density at radius 1 is 1.25 bits per heavy atom. The Morgan fingerprint density at radius 3 is 2.55 bits per heavy atom. The minimum atomic E-state index is -0.531. The zero-order chi connectivity index (χ0) is 14.4. The molecule has 0 aliphatic carbocycles. The first-order valence-corrected chi connectivity index (χ1v) is 7.53. The molecule has 0 spiro atoms. The fourth-order valence-electron chi connectivity index (χ4n) is 3.10. The summed E-state index contributed by atoms with van der Waals surface area (Å²) in [5.41, 5.74) is 0.286. The van der Waals surface area contributed by atoms with E-state index >= 15 is 0 Å². The van der Waals surface area contributed by atoms with Crippen LogP contribution in [0, 0.1) is 0 Å². The standard InChI is InChI=1S/C15H26N2O3/c1-14(2)19-12-9-11(18-13(12)20-14)10-17-7-5-15(3,16-4)6-8-17/h9,12-13,16H,5-8,10H2,1-4H3/t12-,13-/m1/s1. The molecule has 1 N–H and O–H groups in total. The lowest BCUT2D eigenvalue weighted by atomic mass is 9.90. The molecular formula is C15H26N2O3. The summed E-state index contributed by atoms with van der Waals surface area (Å²) in [5.74, 6) is 0.459. The van der Waals surface area contributed by atoms with E-state index in [9.17, 15) is 0 Å². The number of ether oxygens (including phenoxy) is 3. The molecule has 2 saturated heterocycles. The molecule has 114 valence electrons. The molecule has 0 aromatic carbocycles. The average molecular weight is 282 g/mol. The third-order valence-corrected chi connectivity index (χ3v) is 4.65. The number of rotatable bonds is 3. The van der Waals surface area contributed by atoms with Gasteiger partial charge < -0.3 is 19.5 Å². The molecular weight excluding hydrogens is 256 g/mol. The van der Waals surface area contributed by atoms with Crippen molar-refractivity contribution in [1.29, 1.82) is 0 Å². The summed E-state index contributed by atoms with van der Waals surface area (Å²) in [7, 11) is 2.05. The lowest BCUT2D eigenvalue weighted by Gasteiger charge is -2.39. The number of fused-ring (bicyclic) bond motifs is 1. The number of nitrogens with zero attached hydrogens (tertiary/aromatic N) is 1. The summed E-state index contributed by atoms with van der Waals surface area (Å²) in [6, 6.07) is 0. The van der Waals surface area contributed by atoms with Crippen LogP contribution in [0.25, 0.3) is 0 Å². The smallest absolute Gasteiger partial charge is 0.232 e. The molecule has 5 heteroatoms. The van der Waals surface area contributed by atoms with Crippen molar-refractivity contribution in [1.82, 2.24) is 10.2 Å². The van der Waals surface area contributed by atoms with Crippen molar-refractivity contribution in [3.63, 3.8) is 0 Å². The molecule has 5 nitrogen and oxygen atoms in total. The van der Waals surface area contributed by atoms with E-state index in [0.717, 1.165) is 25.4 Å². The first kappa shape index (κ1) is 14.3. The molecule has 2 fully saturated rings. The number of nitrogens with one attached hydrogen (secondary N) is 1. The van der Waals surface area contributed by atoms with Crippen LogP contribution < -0.4 is 5.32 Å². The zero-order valence-corrected chi connectivity index (χ0v) is 12.9. The van der Waals surface area contributed by atoms with E-state index in [0.29, 0.717) is 0 Å². The third-order valence-electron chi connectivity index (χ3n) is 4.65. The molecule has 3 aliphatic rings. The Balaban J connectivity index is 1.51. The Labute approximate surface area is 121 Å². The summed E-state index contributed by atoms with van der Waals surface area (Å²) in [6.07, 6.45) is 4.11. The van der Waals surface area contributed by atoms with Crippen LogP contribution in [0.4, 0.5) is 0 Å². The van der Waals surface area contributed by atoms with E-state index in [1.807, 2.05) is 13.8 Å². The summed E-state index contributed by atoms with van der Waals surface area (Å²) in [5, 5.41) is 3.42. The maximum absolute atomic E-state index is 5.86. The summed E-state index contributed by atoms with van der Waals surface area (Å²) in [6.45, 7) is 9.20. The van der Waals surface area contributed by atoms with E-state index in [-0.39, 0.29) is 17.9 Å². The minimum absolute atomic E-state index is 0.0487.